The van der Waals surface area contributed by atoms with E-state index < -0.39 is 0 Å². The number of anilines is 1. The molecule has 1 fully saturated rings. The van der Waals surface area contributed by atoms with E-state index in [1.165, 1.54) is 0 Å². The van der Waals surface area contributed by atoms with Crippen LogP contribution in [0.5, 0.6) is 17.2 Å². The third-order valence-corrected chi connectivity index (χ3v) is 5.97. The van der Waals surface area contributed by atoms with Crippen molar-refractivity contribution in [3.05, 3.63) is 47.5 Å². The Morgan fingerprint density at radius 2 is 1.94 bits per heavy atom. The van der Waals surface area contributed by atoms with E-state index in [0.717, 1.165) is 37.8 Å². The summed E-state index contributed by atoms with van der Waals surface area (Å²) in [5.41, 5.74) is 1.91. The van der Waals surface area contributed by atoms with Gasteiger partial charge >= 0.3 is 6.03 Å². The van der Waals surface area contributed by atoms with Gasteiger partial charge in [0.2, 0.25) is 0 Å². The van der Waals surface area contributed by atoms with Crippen molar-refractivity contribution in [3.8, 4) is 17.2 Å². The van der Waals surface area contributed by atoms with Gasteiger partial charge in [-0.25, -0.2) is 4.79 Å². The molecule has 1 atom stereocenters. The SMILES string of the molecule is COc1ccc(CNC(=O)Nc2ccc3c(c2)C(=O)N2CCCCC2CCO3)cc1OC. The lowest BCUT2D eigenvalue weighted by atomic mass is 9.97. The van der Waals surface area contributed by atoms with Crippen molar-refractivity contribution in [2.75, 3.05) is 32.7 Å². The van der Waals surface area contributed by atoms with E-state index in [0.29, 0.717) is 41.7 Å². The quantitative estimate of drug-likeness (QED) is 0.740. The summed E-state index contributed by atoms with van der Waals surface area (Å²) >= 11 is 0. The molecule has 0 saturated carbocycles. The van der Waals surface area contributed by atoms with E-state index >= 15 is 0 Å². The molecule has 2 aromatic carbocycles. The minimum Gasteiger partial charge on any atom is -0.493 e. The number of rotatable bonds is 5. The minimum atomic E-state index is -0.366. The monoisotopic (exact) mass is 439 g/mol. The minimum absolute atomic E-state index is 0.0289. The number of ether oxygens (including phenoxy) is 3. The Hall–Kier alpha value is -3.42. The zero-order valence-electron chi connectivity index (χ0n) is 18.5. The number of hydrogen-bond acceptors (Lipinski definition) is 5. The lowest BCUT2D eigenvalue weighted by Gasteiger charge is -2.37. The molecule has 170 valence electrons. The first-order chi connectivity index (χ1) is 15.6. The molecule has 2 aliphatic heterocycles. The molecule has 32 heavy (non-hydrogen) atoms. The summed E-state index contributed by atoms with van der Waals surface area (Å²) in [7, 11) is 3.14. The highest BCUT2D eigenvalue weighted by Gasteiger charge is 2.31. The van der Waals surface area contributed by atoms with E-state index in [1.807, 2.05) is 17.0 Å². The van der Waals surface area contributed by atoms with Gasteiger partial charge in [0.15, 0.2) is 11.5 Å². The van der Waals surface area contributed by atoms with Crippen molar-refractivity contribution < 1.29 is 23.8 Å². The number of hydrogen-bond donors (Lipinski definition) is 2. The number of nitrogens with zero attached hydrogens (tertiary/aromatic N) is 1. The van der Waals surface area contributed by atoms with Gasteiger partial charge in [-0.05, 0) is 55.2 Å². The molecule has 2 aromatic rings. The first-order valence-corrected chi connectivity index (χ1v) is 10.9. The molecule has 2 aliphatic rings. The van der Waals surface area contributed by atoms with Crippen molar-refractivity contribution in [3.63, 3.8) is 0 Å². The molecule has 0 radical (unpaired) electrons. The number of methoxy groups -OCH3 is 2. The molecule has 8 heteroatoms. The highest BCUT2D eigenvalue weighted by atomic mass is 16.5. The Morgan fingerprint density at radius 1 is 1.09 bits per heavy atom. The molecule has 3 amide bonds. The Labute approximate surface area is 187 Å². The van der Waals surface area contributed by atoms with Crippen LogP contribution < -0.4 is 24.8 Å². The normalized spacial score (nSPS) is 17.8. The van der Waals surface area contributed by atoms with Crippen LogP contribution in [0.25, 0.3) is 0 Å². The molecule has 0 bridgehead atoms. The van der Waals surface area contributed by atoms with Gasteiger partial charge in [-0.15, -0.1) is 0 Å². The first-order valence-electron chi connectivity index (χ1n) is 10.9. The summed E-state index contributed by atoms with van der Waals surface area (Å²) in [6, 6.07) is 10.5. The summed E-state index contributed by atoms with van der Waals surface area (Å²) < 4.78 is 16.4. The van der Waals surface area contributed by atoms with Crippen LogP contribution in [0, 0.1) is 0 Å². The number of urea groups is 1. The summed E-state index contributed by atoms with van der Waals surface area (Å²) in [6.07, 6.45) is 4.03. The topological polar surface area (TPSA) is 89.1 Å². The summed E-state index contributed by atoms with van der Waals surface area (Å²) in [5, 5.41) is 5.63. The van der Waals surface area contributed by atoms with Crippen molar-refractivity contribution >= 4 is 17.6 Å². The summed E-state index contributed by atoms with van der Waals surface area (Å²) in [5.74, 6) is 1.77. The van der Waals surface area contributed by atoms with E-state index in [4.69, 9.17) is 14.2 Å². The fraction of sp³-hybridized carbons (Fsp3) is 0.417. The van der Waals surface area contributed by atoms with Gasteiger partial charge in [-0.1, -0.05) is 6.07 Å². The standard InChI is InChI=1S/C24H29N3O5/c1-30-21-8-6-16(13-22(21)31-2)15-25-24(29)26-17-7-9-20-19(14-17)23(28)27-11-4-3-5-18(27)10-12-32-20/h6-9,13-14,18H,3-5,10-12,15H2,1-2H3,(H2,25,26,29). The van der Waals surface area contributed by atoms with Gasteiger partial charge in [-0.3, -0.25) is 4.79 Å². The molecule has 1 saturated heterocycles. The van der Waals surface area contributed by atoms with E-state index in [-0.39, 0.29) is 18.0 Å². The fourth-order valence-corrected chi connectivity index (χ4v) is 4.28. The molecule has 2 heterocycles. The largest absolute Gasteiger partial charge is 0.493 e. The Morgan fingerprint density at radius 3 is 2.75 bits per heavy atom. The van der Waals surface area contributed by atoms with Crippen LogP contribution in [-0.4, -0.2) is 50.3 Å². The number of piperidine rings is 1. The van der Waals surface area contributed by atoms with Crippen molar-refractivity contribution in [2.24, 2.45) is 0 Å². The van der Waals surface area contributed by atoms with Crippen LogP contribution in [-0.2, 0) is 6.54 Å². The third-order valence-electron chi connectivity index (χ3n) is 5.97. The number of nitrogens with one attached hydrogen (secondary N) is 2. The maximum Gasteiger partial charge on any atom is 0.319 e. The smallest absolute Gasteiger partial charge is 0.319 e. The molecular formula is C24H29N3O5. The molecule has 0 aliphatic carbocycles. The van der Waals surface area contributed by atoms with Gasteiger partial charge in [0.1, 0.15) is 5.75 Å². The second-order valence-electron chi connectivity index (χ2n) is 7.99. The number of carbonyl (C=O) groups excluding carboxylic acids is 2. The maximum absolute atomic E-state index is 13.2. The van der Waals surface area contributed by atoms with Crippen LogP contribution >= 0.6 is 0 Å². The summed E-state index contributed by atoms with van der Waals surface area (Å²) in [4.78, 5) is 27.6. The van der Waals surface area contributed by atoms with Gasteiger partial charge < -0.3 is 29.7 Å². The van der Waals surface area contributed by atoms with Crippen LogP contribution in [0.3, 0.4) is 0 Å². The lowest BCUT2D eigenvalue weighted by molar-refractivity contribution is 0.0548. The predicted octanol–water partition coefficient (Wildman–Crippen LogP) is 3.80. The molecule has 1 unspecified atom stereocenters. The second-order valence-corrected chi connectivity index (χ2v) is 7.99. The molecule has 4 rings (SSSR count). The average Bonchev–Trinajstić information content (AvgIpc) is 2.82. The molecular weight excluding hydrogens is 410 g/mol. The van der Waals surface area contributed by atoms with Crippen LogP contribution in [0.1, 0.15) is 41.6 Å². The van der Waals surface area contributed by atoms with Gasteiger partial charge in [0.25, 0.3) is 5.91 Å². The van der Waals surface area contributed by atoms with E-state index in [1.54, 1.807) is 38.5 Å². The van der Waals surface area contributed by atoms with Crippen LogP contribution in [0.2, 0.25) is 0 Å². The van der Waals surface area contributed by atoms with Gasteiger partial charge in [0, 0.05) is 31.2 Å². The van der Waals surface area contributed by atoms with Crippen LogP contribution in [0.15, 0.2) is 36.4 Å². The van der Waals surface area contributed by atoms with E-state index in [9.17, 15) is 9.59 Å². The Balaban J connectivity index is 1.42. The fourth-order valence-electron chi connectivity index (χ4n) is 4.28. The zero-order valence-corrected chi connectivity index (χ0v) is 18.5. The molecule has 0 aromatic heterocycles. The zero-order chi connectivity index (χ0) is 22.5. The number of fused-ring (bicyclic) bond motifs is 2. The summed E-state index contributed by atoms with van der Waals surface area (Å²) in [6.45, 7) is 1.67. The molecule has 2 N–H and O–H groups in total. The number of amides is 3. The molecule has 8 nitrogen and oxygen atoms in total. The van der Waals surface area contributed by atoms with Gasteiger partial charge in [-0.2, -0.15) is 0 Å². The number of benzene rings is 2. The van der Waals surface area contributed by atoms with Crippen molar-refractivity contribution in [1.29, 1.82) is 0 Å². The highest BCUT2D eigenvalue weighted by molar-refractivity contribution is 5.99. The maximum atomic E-state index is 13.2. The highest BCUT2D eigenvalue weighted by Crippen LogP contribution is 2.31. The number of carbonyl (C=O) groups is 2. The third kappa shape index (κ3) is 4.74. The second kappa shape index (κ2) is 9.80. The van der Waals surface area contributed by atoms with Crippen LogP contribution in [0.4, 0.5) is 10.5 Å². The van der Waals surface area contributed by atoms with E-state index in [2.05, 4.69) is 10.6 Å². The first kappa shape index (κ1) is 21.8. The Bertz CT molecular complexity index is 994. The lowest BCUT2D eigenvalue weighted by Crippen LogP contribution is -2.45. The average molecular weight is 440 g/mol. The van der Waals surface area contributed by atoms with Gasteiger partial charge in [0.05, 0.1) is 26.4 Å². The Kier molecular flexibility index (Phi) is 6.68. The van der Waals surface area contributed by atoms with Crippen molar-refractivity contribution in [2.45, 2.75) is 38.3 Å². The molecule has 0 spiro atoms. The van der Waals surface area contributed by atoms with Crippen molar-refractivity contribution in [1.82, 2.24) is 10.2 Å². The predicted molar refractivity (Wildman–Crippen MR) is 121 cm³/mol.